The van der Waals surface area contributed by atoms with Gasteiger partial charge in [-0.3, -0.25) is 0 Å². The third-order valence-electron chi connectivity index (χ3n) is 8.88. The van der Waals surface area contributed by atoms with Crippen LogP contribution in [0.1, 0.15) is 16.9 Å². The van der Waals surface area contributed by atoms with Crippen LogP contribution in [0, 0.1) is 0 Å². The monoisotopic (exact) mass is 615 g/mol. The fourth-order valence-corrected chi connectivity index (χ4v) is 6.52. The number of hydrogen-bond donors (Lipinski definition) is 0. The van der Waals surface area contributed by atoms with Gasteiger partial charge in [0.15, 0.2) is 0 Å². The molecule has 0 N–H and O–H groups in total. The molecule has 0 atom stereocenters. The number of para-hydroxylation sites is 2. The van der Waals surface area contributed by atoms with Crippen molar-refractivity contribution >= 4 is 57.0 Å². The van der Waals surface area contributed by atoms with Gasteiger partial charge in [0.05, 0.1) is 11.4 Å². The normalized spacial score (nSPS) is 11.3. The molecule has 0 fully saturated rings. The summed E-state index contributed by atoms with van der Waals surface area (Å²) in [6.45, 7) is 4.07. The van der Waals surface area contributed by atoms with E-state index in [9.17, 15) is 0 Å². The van der Waals surface area contributed by atoms with Crippen LogP contribution in [0.4, 0.5) is 17.1 Å². The fraction of sp³-hybridized carbons (Fsp3) is 0. The number of rotatable bonds is 8. The average molecular weight is 616 g/mol. The van der Waals surface area contributed by atoms with Crippen molar-refractivity contribution in [3.8, 4) is 22.3 Å². The fourth-order valence-electron chi connectivity index (χ4n) is 6.52. The van der Waals surface area contributed by atoms with E-state index < -0.39 is 0 Å². The Balaban J connectivity index is 1.28. The first-order valence-corrected chi connectivity index (χ1v) is 16.2. The summed E-state index contributed by atoms with van der Waals surface area (Å²) < 4.78 is 6.29. The molecule has 228 valence electrons. The molecule has 48 heavy (non-hydrogen) atoms. The summed E-state index contributed by atoms with van der Waals surface area (Å²) in [5.41, 5.74) is 10.9. The lowest BCUT2D eigenvalue weighted by molar-refractivity contribution is 0.604. The molecule has 2 heteroatoms. The quantitative estimate of drug-likeness (QED) is 0.169. The Morgan fingerprint density at radius 2 is 1.08 bits per heavy atom. The van der Waals surface area contributed by atoms with Gasteiger partial charge in [-0.2, -0.15) is 0 Å². The first-order valence-electron chi connectivity index (χ1n) is 16.2. The molecule has 0 unspecified atom stereocenters. The van der Waals surface area contributed by atoms with E-state index in [1.54, 1.807) is 6.08 Å². The van der Waals surface area contributed by atoms with Crippen LogP contribution < -0.4 is 4.90 Å². The van der Waals surface area contributed by atoms with Gasteiger partial charge in [-0.1, -0.05) is 146 Å². The predicted octanol–water partition coefficient (Wildman–Crippen LogP) is 13.2. The Labute approximate surface area is 281 Å². The lowest BCUT2D eigenvalue weighted by atomic mass is 9.99. The van der Waals surface area contributed by atoms with Crippen LogP contribution in [0.3, 0.4) is 0 Å². The van der Waals surface area contributed by atoms with Crippen LogP contribution in [0.5, 0.6) is 0 Å². The second kappa shape index (κ2) is 12.8. The summed E-state index contributed by atoms with van der Waals surface area (Å²) in [7, 11) is 0. The summed E-state index contributed by atoms with van der Waals surface area (Å²) >= 11 is 0. The van der Waals surface area contributed by atoms with Crippen molar-refractivity contribution in [2.45, 2.75) is 0 Å². The topological polar surface area (TPSA) is 16.4 Å². The van der Waals surface area contributed by atoms with Crippen LogP contribution >= 0.6 is 0 Å². The Hall–Kier alpha value is -6.38. The molecule has 8 rings (SSSR count). The van der Waals surface area contributed by atoms with Crippen molar-refractivity contribution < 1.29 is 4.42 Å². The maximum absolute atomic E-state index is 6.29. The molecule has 0 saturated heterocycles. The number of benzene rings is 7. The lowest BCUT2D eigenvalue weighted by Gasteiger charge is -2.29. The van der Waals surface area contributed by atoms with Crippen molar-refractivity contribution in [2.24, 2.45) is 0 Å². The Morgan fingerprint density at radius 3 is 1.81 bits per heavy atom. The first-order chi connectivity index (χ1) is 23.8. The third-order valence-corrected chi connectivity index (χ3v) is 8.88. The highest BCUT2D eigenvalue weighted by atomic mass is 16.3. The van der Waals surface area contributed by atoms with E-state index >= 15 is 0 Å². The highest BCUT2D eigenvalue weighted by Crippen LogP contribution is 2.43. The molecular formula is C46H33NO. The van der Waals surface area contributed by atoms with Gasteiger partial charge in [0.1, 0.15) is 11.3 Å². The molecule has 0 amide bonds. The van der Waals surface area contributed by atoms with Crippen LogP contribution in [0.25, 0.3) is 62.2 Å². The van der Waals surface area contributed by atoms with Crippen molar-refractivity contribution in [1.29, 1.82) is 0 Å². The van der Waals surface area contributed by atoms with Crippen LogP contribution in [-0.4, -0.2) is 0 Å². The van der Waals surface area contributed by atoms with E-state index in [-0.39, 0.29) is 0 Å². The zero-order chi connectivity index (χ0) is 32.3. The van der Waals surface area contributed by atoms with Gasteiger partial charge in [-0.15, -0.1) is 0 Å². The molecule has 0 saturated carbocycles. The maximum atomic E-state index is 6.29. The SMILES string of the molecule is C=Cc1oc2cc3ccccc3cc2c1/C=C/c1ccccc1N(c1ccc(-c2ccccc2)cc1)c1ccccc1-c1ccccc1. The van der Waals surface area contributed by atoms with Crippen LogP contribution in [0.15, 0.2) is 181 Å². The number of hydrogen-bond acceptors (Lipinski definition) is 2. The molecule has 0 aliphatic heterocycles. The number of fused-ring (bicyclic) bond motifs is 2. The van der Waals surface area contributed by atoms with E-state index in [1.165, 1.54) is 22.1 Å². The largest absolute Gasteiger partial charge is 0.456 e. The molecule has 0 spiro atoms. The van der Waals surface area contributed by atoms with E-state index in [2.05, 4.69) is 193 Å². The van der Waals surface area contributed by atoms with Gasteiger partial charge in [0.2, 0.25) is 0 Å². The minimum Gasteiger partial charge on any atom is -0.456 e. The number of nitrogens with zero attached hydrogens (tertiary/aromatic N) is 1. The Kier molecular flexibility index (Phi) is 7.74. The van der Waals surface area contributed by atoms with Gasteiger partial charge in [-0.05, 0) is 81.6 Å². The number of furan rings is 1. The molecule has 2 nitrogen and oxygen atoms in total. The van der Waals surface area contributed by atoms with E-state index in [1.807, 2.05) is 0 Å². The molecule has 0 bridgehead atoms. The zero-order valence-electron chi connectivity index (χ0n) is 26.5. The van der Waals surface area contributed by atoms with Gasteiger partial charge in [0, 0.05) is 22.2 Å². The van der Waals surface area contributed by atoms with Gasteiger partial charge in [-0.25, -0.2) is 0 Å². The second-order valence-electron chi connectivity index (χ2n) is 11.8. The van der Waals surface area contributed by atoms with E-state index in [0.29, 0.717) is 0 Å². The molecular weight excluding hydrogens is 583 g/mol. The minimum absolute atomic E-state index is 0.761. The summed E-state index contributed by atoms with van der Waals surface area (Å²) in [6, 6.07) is 59.9. The molecule has 0 radical (unpaired) electrons. The maximum Gasteiger partial charge on any atom is 0.136 e. The summed E-state index contributed by atoms with van der Waals surface area (Å²) in [5, 5.41) is 3.40. The van der Waals surface area contributed by atoms with Gasteiger partial charge in [0.25, 0.3) is 0 Å². The lowest BCUT2D eigenvalue weighted by Crippen LogP contribution is -2.12. The summed E-state index contributed by atoms with van der Waals surface area (Å²) in [5.74, 6) is 0.761. The van der Waals surface area contributed by atoms with Crippen molar-refractivity contribution in [1.82, 2.24) is 0 Å². The van der Waals surface area contributed by atoms with Gasteiger partial charge < -0.3 is 9.32 Å². The summed E-state index contributed by atoms with van der Waals surface area (Å²) in [6.07, 6.45) is 6.15. The van der Waals surface area contributed by atoms with Gasteiger partial charge >= 0.3 is 0 Å². The Bertz CT molecular complexity index is 2400. The standard InChI is InChI=1S/C46H33NO/c1-2-45-41(42-31-37-20-9-10-21-38(37)32-46(42)48-45)30-27-36-19-11-13-23-43(36)47(39-28-25-34(26-29-39)33-15-5-3-6-16-33)44-24-14-12-22-40(44)35-17-7-4-8-18-35/h2-32H,1H2/b30-27+. The first kappa shape index (κ1) is 29.1. The highest BCUT2D eigenvalue weighted by Gasteiger charge is 2.19. The van der Waals surface area contributed by atoms with Crippen LogP contribution in [0.2, 0.25) is 0 Å². The third kappa shape index (κ3) is 5.50. The molecule has 0 aliphatic carbocycles. The molecule has 1 aromatic heterocycles. The molecule has 7 aromatic carbocycles. The average Bonchev–Trinajstić information content (AvgIpc) is 3.51. The van der Waals surface area contributed by atoms with Crippen molar-refractivity contribution in [3.05, 3.63) is 193 Å². The van der Waals surface area contributed by atoms with E-state index in [4.69, 9.17) is 4.42 Å². The highest BCUT2D eigenvalue weighted by molar-refractivity contribution is 6.02. The number of anilines is 3. The second-order valence-corrected chi connectivity index (χ2v) is 11.8. The zero-order valence-corrected chi connectivity index (χ0v) is 26.5. The smallest absolute Gasteiger partial charge is 0.136 e. The molecule has 1 heterocycles. The minimum atomic E-state index is 0.761. The Morgan fingerprint density at radius 1 is 0.500 bits per heavy atom. The van der Waals surface area contributed by atoms with Crippen molar-refractivity contribution in [3.63, 3.8) is 0 Å². The van der Waals surface area contributed by atoms with Crippen LogP contribution in [-0.2, 0) is 0 Å². The van der Waals surface area contributed by atoms with Crippen molar-refractivity contribution in [2.75, 3.05) is 4.90 Å². The summed E-state index contributed by atoms with van der Waals surface area (Å²) in [4.78, 5) is 2.37. The molecule has 8 aromatic rings. The molecule has 0 aliphatic rings. The van der Waals surface area contributed by atoms with E-state index in [0.717, 1.165) is 55.9 Å². The predicted molar refractivity (Wildman–Crippen MR) is 205 cm³/mol.